The first-order chi connectivity index (χ1) is 10.0. The highest BCUT2D eigenvalue weighted by Crippen LogP contribution is 2.33. The van der Waals surface area contributed by atoms with Gasteiger partial charge in [-0.1, -0.05) is 42.9 Å². The number of benzene rings is 2. The van der Waals surface area contributed by atoms with E-state index in [2.05, 4.69) is 5.32 Å². The molecule has 0 bridgehead atoms. The van der Waals surface area contributed by atoms with E-state index in [-0.39, 0.29) is 10.7 Å². The lowest BCUT2D eigenvalue weighted by molar-refractivity contribution is 0.632. The Morgan fingerprint density at radius 1 is 1.33 bits per heavy atom. The van der Waals surface area contributed by atoms with Gasteiger partial charge in [0.2, 0.25) is 0 Å². The maximum absolute atomic E-state index is 13.9. The van der Waals surface area contributed by atoms with Crippen molar-refractivity contribution in [2.75, 3.05) is 11.1 Å². The lowest BCUT2D eigenvalue weighted by Crippen LogP contribution is -2.13. The topological polar surface area (TPSA) is 38.0 Å². The summed E-state index contributed by atoms with van der Waals surface area (Å²) in [5.41, 5.74) is 7.40. The van der Waals surface area contributed by atoms with Gasteiger partial charge in [0.1, 0.15) is 10.8 Å². The molecule has 0 unspecified atom stereocenters. The molecule has 0 aromatic heterocycles. The maximum atomic E-state index is 13.9. The quantitative estimate of drug-likeness (QED) is 0.595. The molecule has 21 heavy (non-hydrogen) atoms. The fourth-order valence-corrected chi connectivity index (χ4v) is 3.26. The Morgan fingerprint density at radius 2 is 2.05 bits per heavy atom. The second kappa shape index (κ2) is 7.11. The van der Waals surface area contributed by atoms with Gasteiger partial charge in [0.15, 0.2) is 0 Å². The number of para-hydroxylation sites is 1. The Kier molecular flexibility index (Phi) is 5.45. The molecule has 2 aromatic carbocycles. The van der Waals surface area contributed by atoms with E-state index in [1.807, 2.05) is 19.1 Å². The van der Waals surface area contributed by atoms with Crippen molar-refractivity contribution in [1.29, 1.82) is 0 Å². The minimum absolute atomic E-state index is 0.218. The molecule has 2 aromatic rings. The van der Waals surface area contributed by atoms with Crippen LogP contribution >= 0.6 is 35.6 Å². The third kappa shape index (κ3) is 3.67. The van der Waals surface area contributed by atoms with E-state index in [0.29, 0.717) is 16.3 Å². The average Bonchev–Trinajstić information content (AvgIpc) is 2.43. The van der Waals surface area contributed by atoms with E-state index >= 15 is 0 Å². The van der Waals surface area contributed by atoms with Crippen molar-refractivity contribution < 1.29 is 4.39 Å². The minimum Gasteiger partial charge on any atom is -0.389 e. The summed E-state index contributed by atoms with van der Waals surface area (Å²) in [6.07, 6.45) is 0. The third-order valence-electron chi connectivity index (χ3n) is 2.79. The van der Waals surface area contributed by atoms with Crippen molar-refractivity contribution in [3.8, 4) is 0 Å². The molecular weight excluding hydrogens is 327 g/mol. The van der Waals surface area contributed by atoms with Gasteiger partial charge in [0.25, 0.3) is 0 Å². The molecule has 0 atom stereocenters. The molecular formula is C15H14ClFN2S2. The highest BCUT2D eigenvalue weighted by molar-refractivity contribution is 7.99. The van der Waals surface area contributed by atoms with Crippen molar-refractivity contribution in [2.24, 2.45) is 5.73 Å². The predicted molar refractivity (Wildman–Crippen MR) is 93.4 cm³/mol. The lowest BCUT2D eigenvalue weighted by Gasteiger charge is -2.16. The summed E-state index contributed by atoms with van der Waals surface area (Å²) in [4.78, 5) is 1.23. The monoisotopic (exact) mass is 340 g/mol. The Morgan fingerprint density at radius 3 is 2.67 bits per heavy atom. The van der Waals surface area contributed by atoms with Crippen LogP contribution in [0.15, 0.2) is 41.3 Å². The molecule has 0 aliphatic rings. The predicted octanol–water partition coefficient (Wildman–Crippen LogP) is 4.97. The maximum Gasteiger partial charge on any atom is 0.148 e. The average molecular weight is 341 g/mol. The SMILES string of the molecule is CCSc1cccc(Nc2c(F)cccc2Cl)c1C(N)=S. The summed E-state index contributed by atoms with van der Waals surface area (Å²) < 4.78 is 13.9. The highest BCUT2D eigenvalue weighted by atomic mass is 35.5. The molecule has 6 heteroatoms. The summed E-state index contributed by atoms with van der Waals surface area (Å²) in [6.45, 7) is 2.04. The van der Waals surface area contributed by atoms with Crippen LogP contribution in [0.25, 0.3) is 0 Å². The van der Waals surface area contributed by atoms with E-state index < -0.39 is 5.82 Å². The van der Waals surface area contributed by atoms with Gasteiger partial charge in [-0.05, 0) is 30.0 Å². The highest BCUT2D eigenvalue weighted by Gasteiger charge is 2.14. The second-order valence-corrected chi connectivity index (χ2v) is 6.35. The molecule has 0 aliphatic carbocycles. The second-order valence-electron chi connectivity index (χ2n) is 4.20. The Labute approximate surface area is 137 Å². The largest absolute Gasteiger partial charge is 0.389 e. The first kappa shape index (κ1) is 16.1. The minimum atomic E-state index is -0.426. The van der Waals surface area contributed by atoms with E-state index in [0.717, 1.165) is 10.6 Å². The lowest BCUT2D eigenvalue weighted by atomic mass is 10.1. The summed E-state index contributed by atoms with van der Waals surface area (Å²) >= 11 is 12.8. The fourth-order valence-electron chi connectivity index (χ4n) is 1.92. The molecule has 2 rings (SSSR count). The van der Waals surface area contributed by atoms with E-state index in [9.17, 15) is 4.39 Å². The molecule has 2 nitrogen and oxygen atoms in total. The van der Waals surface area contributed by atoms with Crippen LogP contribution in [-0.2, 0) is 0 Å². The van der Waals surface area contributed by atoms with Crippen LogP contribution in [0.3, 0.4) is 0 Å². The number of rotatable bonds is 5. The smallest absolute Gasteiger partial charge is 0.148 e. The van der Waals surface area contributed by atoms with Crippen molar-refractivity contribution in [1.82, 2.24) is 0 Å². The van der Waals surface area contributed by atoms with Crippen LogP contribution in [0.2, 0.25) is 5.02 Å². The van der Waals surface area contributed by atoms with Crippen LogP contribution in [0.4, 0.5) is 15.8 Å². The molecule has 0 fully saturated rings. The number of hydrogen-bond donors (Lipinski definition) is 2. The molecule has 3 N–H and O–H groups in total. The van der Waals surface area contributed by atoms with Crippen LogP contribution in [0.5, 0.6) is 0 Å². The molecule has 0 saturated carbocycles. The van der Waals surface area contributed by atoms with Crippen molar-refractivity contribution in [3.63, 3.8) is 0 Å². The van der Waals surface area contributed by atoms with Crippen molar-refractivity contribution in [3.05, 3.63) is 52.8 Å². The van der Waals surface area contributed by atoms with Gasteiger partial charge in [-0.15, -0.1) is 11.8 Å². The zero-order valence-corrected chi connectivity index (χ0v) is 13.7. The Balaban J connectivity index is 2.49. The van der Waals surface area contributed by atoms with E-state index in [1.165, 1.54) is 6.07 Å². The van der Waals surface area contributed by atoms with Gasteiger partial charge in [-0.25, -0.2) is 4.39 Å². The summed E-state index contributed by atoms with van der Waals surface area (Å²) in [7, 11) is 0. The normalized spacial score (nSPS) is 10.4. The van der Waals surface area contributed by atoms with Gasteiger partial charge in [0.05, 0.1) is 10.7 Å². The summed E-state index contributed by atoms with van der Waals surface area (Å²) in [5.74, 6) is 0.462. The summed E-state index contributed by atoms with van der Waals surface area (Å²) in [5, 5.41) is 3.30. The van der Waals surface area contributed by atoms with Crippen molar-refractivity contribution >= 4 is 51.9 Å². The standard InChI is InChI=1S/C15H14ClFN2S2/c1-2-21-12-8-4-7-11(13(12)15(18)20)19-14-9(16)5-3-6-10(14)17/h3-8,19H,2H2,1H3,(H2,18,20). The zero-order valence-electron chi connectivity index (χ0n) is 11.3. The number of thiocarbonyl (C=S) groups is 1. The number of anilines is 2. The first-order valence-electron chi connectivity index (χ1n) is 6.31. The van der Waals surface area contributed by atoms with Gasteiger partial charge in [-0.3, -0.25) is 0 Å². The molecule has 0 amide bonds. The number of halogens is 2. The first-order valence-corrected chi connectivity index (χ1v) is 8.08. The molecule has 0 aliphatic heterocycles. The van der Waals surface area contributed by atoms with Gasteiger partial charge >= 0.3 is 0 Å². The molecule has 0 saturated heterocycles. The van der Waals surface area contributed by atoms with Crippen LogP contribution in [0.1, 0.15) is 12.5 Å². The zero-order chi connectivity index (χ0) is 15.4. The number of hydrogen-bond acceptors (Lipinski definition) is 3. The van der Waals surface area contributed by atoms with E-state index in [1.54, 1.807) is 30.0 Å². The molecule has 110 valence electrons. The van der Waals surface area contributed by atoms with Gasteiger partial charge in [0, 0.05) is 16.1 Å². The van der Waals surface area contributed by atoms with E-state index in [4.69, 9.17) is 29.6 Å². The number of thioether (sulfide) groups is 1. The Bertz CT molecular complexity index is 656. The molecule has 0 spiro atoms. The molecule has 0 radical (unpaired) electrons. The van der Waals surface area contributed by atoms with Crippen LogP contribution in [0, 0.1) is 5.82 Å². The Hall–Kier alpha value is -1.30. The van der Waals surface area contributed by atoms with Crippen LogP contribution in [-0.4, -0.2) is 10.7 Å². The third-order valence-corrected chi connectivity index (χ3v) is 4.25. The summed E-state index contributed by atoms with van der Waals surface area (Å²) in [6, 6.07) is 10.1. The number of nitrogens with two attached hydrogens (primary N) is 1. The van der Waals surface area contributed by atoms with Gasteiger partial charge in [-0.2, -0.15) is 0 Å². The fraction of sp³-hybridized carbons (Fsp3) is 0.133. The van der Waals surface area contributed by atoms with Gasteiger partial charge < -0.3 is 11.1 Å². The molecule has 0 heterocycles. The van der Waals surface area contributed by atoms with Crippen LogP contribution < -0.4 is 11.1 Å². The number of nitrogens with one attached hydrogen (secondary N) is 1. The van der Waals surface area contributed by atoms with Crippen molar-refractivity contribution in [2.45, 2.75) is 11.8 Å².